The molecule has 0 radical (unpaired) electrons. The molecule has 0 amide bonds. The molecule has 1 rings (SSSR count). The van der Waals surface area contributed by atoms with E-state index in [2.05, 4.69) is 0 Å². The third-order valence-electron chi connectivity index (χ3n) is 2.62. The van der Waals surface area contributed by atoms with Crippen molar-refractivity contribution in [3.8, 4) is 0 Å². The van der Waals surface area contributed by atoms with Gasteiger partial charge in [-0.3, -0.25) is 0 Å². The van der Waals surface area contributed by atoms with Crippen molar-refractivity contribution < 1.29 is 13.2 Å². The molecule has 1 aromatic carbocycles. The summed E-state index contributed by atoms with van der Waals surface area (Å²) in [5.74, 6) is 0. The predicted molar refractivity (Wildman–Crippen MR) is 57.9 cm³/mol. The Morgan fingerprint density at radius 1 is 1.19 bits per heavy atom. The van der Waals surface area contributed by atoms with Crippen molar-refractivity contribution >= 4 is 5.69 Å². The van der Waals surface area contributed by atoms with Crippen molar-refractivity contribution in [1.29, 1.82) is 0 Å². The van der Waals surface area contributed by atoms with Crippen LogP contribution >= 0.6 is 0 Å². The summed E-state index contributed by atoms with van der Waals surface area (Å²) < 4.78 is 37.2. The molecular formula is C11H15F3N2. The number of hydrogen-bond donors (Lipinski definition) is 2. The summed E-state index contributed by atoms with van der Waals surface area (Å²) in [7, 11) is 0. The van der Waals surface area contributed by atoms with Crippen molar-refractivity contribution in [2.45, 2.75) is 25.4 Å². The van der Waals surface area contributed by atoms with E-state index >= 15 is 0 Å². The van der Waals surface area contributed by atoms with E-state index in [1.54, 1.807) is 0 Å². The van der Waals surface area contributed by atoms with Crippen molar-refractivity contribution in [2.24, 2.45) is 5.73 Å². The Labute approximate surface area is 92.4 Å². The molecule has 0 heterocycles. The van der Waals surface area contributed by atoms with Gasteiger partial charge in [0.15, 0.2) is 0 Å². The number of rotatable bonds is 2. The number of alkyl halides is 3. The van der Waals surface area contributed by atoms with Gasteiger partial charge in [-0.2, -0.15) is 13.2 Å². The van der Waals surface area contributed by atoms with Gasteiger partial charge in [0.1, 0.15) is 0 Å². The van der Waals surface area contributed by atoms with Crippen LogP contribution in [0.5, 0.6) is 0 Å². The van der Waals surface area contributed by atoms with Crippen LogP contribution in [0, 0.1) is 0 Å². The Kier molecular flexibility index (Phi) is 3.19. The van der Waals surface area contributed by atoms with Gasteiger partial charge < -0.3 is 11.5 Å². The Balaban J connectivity index is 3.20. The fourth-order valence-electron chi connectivity index (χ4n) is 1.47. The molecule has 16 heavy (non-hydrogen) atoms. The molecule has 4 N–H and O–H groups in total. The highest BCUT2D eigenvalue weighted by Gasteiger charge is 2.32. The average molecular weight is 232 g/mol. The van der Waals surface area contributed by atoms with Crippen LogP contribution in [0.15, 0.2) is 18.2 Å². The second-order valence-electron chi connectivity index (χ2n) is 4.39. The molecule has 0 fully saturated rings. The highest BCUT2D eigenvalue weighted by molar-refractivity contribution is 5.53. The lowest BCUT2D eigenvalue weighted by Gasteiger charge is -2.25. The molecule has 0 aliphatic heterocycles. The number of hydrogen-bond acceptors (Lipinski definition) is 2. The Morgan fingerprint density at radius 2 is 1.75 bits per heavy atom. The Bertz CT molecular complexity index is 383. The highest BCUT2D eigenvalue weighted by atomic mass is 19.4. The van der Waals surface area contributed by atoms with Crippen LogP contribution in [0.2, 0.25) is 0 Å². The molecule has 0 aliphatic carbocycles. The van der Waals surface area contributed by atoms with E-state index < -0.39 is 17.2 Å². The van der Waals surface area contributed by atoms with Crippen LogP contribution in [-0.2, 0) is 11.6 Å². The van der Waals surface area contributed by atoms with E-state index in [-0.39, 0.29) is 5.69 Å². The molecule has 0 bridgehead atoms. The second-order valence-corrected chi connectivity index (χ2v) is 4.39. The minimum atomic E-state index is -4.36. The number of benzene rings is 1. The molecule has 90 valence electrons. The topological polar surface area (TPSA) is 52.0 Å². The first-order valence-corrected chi connectivity index (χ1v) is 4.86. The maximum absolute atomic E-state index is 12.4. The molecule has 0 aromatic heterocycles. The first-order valence-electron chi connectivity index (χ1n) is 4.86. The normalized spacial score (nSPS) is 12.9. The largest absolute Gasteiger partial charge is 0.416 e. The summed E-state index contributed by atoms with van der Waals surface area (Å²) in [5, 5.41) is 0. The van der Waals surface area contributed by atoms with Crippen LogP contribution in [0.25, 0.3) is 0 Å². The summed E-state index contributed by atoms with van der Waals surface area (Å²) in [5.41, 5.74) is 10.8. The van der Waals surface area contributed by atoms with Crippen molar-refractivity contribution in [3.63, 3.8) is 0 Å². The molecule has 0 unspecified atom stereocenters. The number of halogens is 3. The van der Waals surface area contributed by atoms with E-state index in [4.69, 9.17) is 11.5 Å². The van der Waals surface area contributed by atoms with Gasteiger partial charge in [0.2, 0.25) is 0 Å². The molecule has 0 atom stereocenters. The molecule has 0 spiro atoms. The predicted octanol–water partition coefficient (Wildman–Crippen LogP) is 2.52. The first-order chi connectivity index (χ1) is 7.18. The highest BCUT2D eigenvalue weighted by Crippen LogP contribution is 2.34. The third-order valence-corrected chi connectivity index (χ3v) is 2.62. The Morgan fingerprint density at radius 3 is 2.12 bits per heavy atom. The quantitative estimate of drug-likeness (QED) is 0.770. The maximum Gasteiger partial charge on any atom is 0.416 e. The average Bonchev–Trinajstić information content (AvgIpc) is 2.16. The summed E-state index contributed by atoms with van der Waals surface area (Å²) in [6.45, 7) is 4.00. The molecular weight excluding hydrogens is 217 g/mol. The summed E-state index contributed by atoms with van der Waals surface area (Å²) in [4.78, 5) is 0. The standard InChI is InChI=1S/C11H15F3N2/c1-10(2,6-15)8-4-3-7(5-9(8)16)11(12,13)14/h3-5H,6,15-16H2,1-2H3. The zero-order chi connectivity index (χ0) is 12.6. The van der Waals surface area contributed by atoms with Crippen molar-refractivity contribution in [3.05, 3.63) is 29.3 Å². The lowest BCUT2D eigenvalue weighted by molar-refractivity contribution is -0.137. The van der Waals surface area contributed by atoms with Gasteiger partial charge in [0, 0.05) is 17.6 Å². The number of nitrogens with two attached hydrogens (primary N) is 2. The van der Waals surface area contributed by atoms with E-state index in [0.29, 0.717) is 12.1 Å². The van der Waals surface area contributed by atoms with E-state index in [1.165, 1.54) is 6.07 Å². The van der Waals surface area contributed by atoms with Crippen LogP contribution < -0.4 is 11.5 Å². The monoisotopic (exact) mass is 232 g/mol. The molecule has 0 aliphatic rings. The van der Waals surface area contributed by atoms with Gasteiger partial charge >= 0.3 is 6.18 Å². The zero-order valence-electron chi connectivity index (χ0n) is 9.23. The van der Waals surface area contributed by atoms with E-state index in [1.807, 2.05) is 13.8 Å². The first kappa shape index (κ1) is 12.8. The van der Waals surface area contributed by atoms with Gasteiger partial charge in [-0.1, -0.05) is 19.9 Å². The van der Waals surface area contributed by atoms with Crippen LogP contribution in [0.1, 0.15) is 25.0 Å². The van der Waals surface area contributed by atoms with Gasteiger partial charge in [-0.05, 0) is 17.7 Å². The van der Waals surface area contributed by atoms with E-state index in [0.717, 1.165) is 12.1 Å². The molecule has 1 aromatic rings. The molecule has 5 heteroatoms. The minimum absolute atomic E-state index is 0.130. The molecule has 0 saturated heterocycles. The summed E-state index contributed by atoms with van der Waals surface area (Å²) in [6, 6.07) is 3.38. The van der Waals surface area contributed by atoms with Crippen molar-refractivity contribution in [1.82, 2.24) is 0 Å². The SMILES string of the molecule is CC(C)(CN)c1ccc(C(F)(F)F)cc1N. The van der Waals surface area contributed by atoms with Gasteiger partial charge in [-0.15, -0.1) is 0 Å². The van der Waals surface area contributed by atoms with Crippen LogP contribution in [-0.4, -0.2) is 6.54 Å². The van der Waals surface area contributed by atoms with Gasteiger partial charge in [-0.25, -0.2) is 0 Å². The van der Waals surface area contributed by atoms with Crippen LogP contribution in [0.3, 0.4) is 0 Å². The second kappa shape index (κ2) is 3.97. The van der Waals surface area contributed by atoms with Gasteiger partial charge in [0.25, 0.3) is 0 Å². The van der Waals surface area contributed by atoms with Gasteiger partial charge in [0.05, 0.1) is 5.56 Å². The fourth-order valence-corrected chi connectivity index (χ4v) is 1.47. The lowest BCUT2D eigenvalue weighted by atomic mass is 9.83. The van der Waals surface area contributed by atoms with Crippen LogP contribution in [0.4, 0.5) is 18.9 Å². The molecule has 0 saturated carbocycles. The number of nitrogen functional groups attached to an aromatic ring is 1. The summed E-state index contributed by atoms with van der Waals surface area (Å²) >= 11 is 0. The fraction of sp³-hybridized carbons (Fsp3) is 0.455. The smallest absolute Gasteiger partial charge is 0.398 e. The maximum atomic E-state index is 12.4. The molecule has 2 nitrogen and oxygen atoms in total. The minimum Gasteiger partial charge on any atom is -0.398 e. The lowest BCUT2D eigenvalue weighted by Crippen LogP contribution is -2.29. The number of anilines is 1. The van der Waals surface area contributed by atoms with Crippen molar-refractivity contribution in [2.75, 3.05) is 12.3 Å². The van der Waals surface area contributed by atoms with E-state index in [9.17, 15) is 13.2 Å². The zero-order valence-corrected chi connectivity index (χ0v) is 9.23. The third kappa shape index (κ3) is 2.47. The summed E-state index contributed by atoms with van der Waals surface area (Å²) in [6.07, 6.45) is -4.36. The Hall–Kier alpha value is -1.23.